The molecule has 0 aromatic heterocycles. The normalized spacial score (nSPS) is 9.92. The third kappa shape index (κ3) is 2.89. The molecule has 0 spiro atoms. The zero-order valence-corrected chi connectivity index (χ0v) is 8.42. The van der Waals surface area contributed by atoms with Crippen molar-refractivity contribution in [2.75, 3.05) is 0 Å². The Morgan fingerprint density at radius 1 is 1.17 bits per heavy atom. The van der Waals surface area contributed by atoms with Gasteiger partial charge in [0.05, 0.1) is 6.07 Å². The molecule has 64 valence electrons. The van der Waals surface area contributed by atoms with Gasteiger partial charge in [-0.1, -0.05) is 17.1 Å². The van der Waals surface area contributed by atoms with Crippen LogP contribution < -0.4 is 0 Å². The first-order valence-corrected chi connectivity index (χ1v) is 6.46. The van der Waals surface area contributed by atoms with Crippen molar-refractivity contribution in [1.82, 2.24) is 0 Å². The molecule has 0 saturated carbocycles. The van der Waals surface area contributed by atoms with Gasteiger partial charge >= 0.3 is 0 Å². The van der Waals surface area contributed by atoms with E-state index in [-0.39, 0.29) is 0 Å². The molecule has 0 aromatic rings. The molecular formula is C10H15NSi. The largest absolute Gasteiger partial charge is 0.198 e. The molecule has 0 fully saturated rings. The van der Waals surface area contributed by atoms with E-state index in [4.69, 9.17) is 5.26 Å². The van der Waals surface area contributed by atoms with Crippen molar-refractivity contribution >= 4 is 8.07 Å². The van der Waals surface area contributed by atoms with Crippen molar-refractivity contribution < 1.29 is 0 Å². The number of rotatable bonds is 6. The lowest BCUT2D eigenvalue weighted by Crippen LogP contribution is -2.26. The van der Waals surface area contributed by atoms with Gasteiger partial charge in [0, 0.05) is 6.42 Å². The fraction of sp³-hybridized carbons (Fsp3) is 0.300. The van der Waals surface area contributed by atoms with Crippen LogP contribution in [0.5, 0.6) is 0 Å². The summed E-state index contributed by atoms with van der Waals surface area (Å²) >= 11 is 0. The summed E-state index contributed by atoms with van der Waals surface area (Å²) in [6, 6.07) is 3.14. The highest BCUT2D eigenvalue weighted by atomic mass is 28.3. The van der Waals surface area contributed by atoms with Crippen molar-refractivity contribution in [2.45, 2.75) is 18.9 Å². The molecule has 0 unspecified atom stereocenters. The summed E-state index contributed by atoms with van der Waals surface area (Å²) in [6.45, 7) is 11.4. The van der Waals surface area contributed by atoms with Crippen LogP contribution in [0.2, 0.25) is 6.04 Å². The molecule has 2 heteroatoms. The van der Waals surface area contributed by atoms with Crippen LogP contribution in [-0.2, 0) is 0 Å². The SMILES string of the molecule is C=C[Si](C=C)(C=C)CCCC#N. The Labute approximate surface area is 75.7 Å². The summed E-state index contributed by atoms with van der Waals surface area (Å²) in [5, 5.41) is 8.37. The Kier molecular flexibility index (Phi) is 5.06. The lowest BCUT2D eigenvalue weighted by atomic mass is 10.4. The van der Waals surface area contributed by atoms with Crippen molar-refractivity contribution in [3.8, 4) is 6.07 Å². The van der Waals surface area contributed by atoms with Crippen molar-refractivity contribution in [3.05, 3.63) is 36.8 Å². The van der Waals surface area contributed by atoms with E-state index >= 15 is 0 Å². The number of nitrogens with zero attached hydrogens (tertiary/aromatic N) is 1. The maximum absolute atomic E-state index is 8.37. The smallest absolute Gasteiger partial charge is 0.124 e. The lowest BCUT2D eigenvalue weighted by Gasteiger charge is -2.18. The molecular weight excluding hydrogens is 162 g/mol. The Hall–Kier alpha value is -1.07. The first kappa shape index (κ1) is 10.9. The zero-order valence-electron chi connectivity index (χ0n) is 7.42. The first-order chi connectivity index (χ1) is 5.74. The number of hydrogen-bond acceptors (Lipinski definition) is 1. The standard InChI is InChI=1S/C10H15NSi/c1-4-12(5-2,6-3)10-8-7-9-11/h4-6H,1-3,7-8,10H2. The molecule has 0 N–H and O–H groups in total. The quantitative estimate of drug-likeness (QED) is 0.452. The Morgan fingerprint density at radius 2 is 1.67 bits per heavy atom. The van der Waals surface area contributed by atoms with Crippen LogP contribution in [0, 0.1) is 11.3 Å². The van der Waals surface area contributed by atoms with Crippen molar-refractivity contribution in [3.63, 3.8) is 0 Å². The molecule has 0 aromatic carbocycles. The molecule has 0 saturated heterocycles. The summed E-state index contributed by atoms with van der Waals surface area (Å²) < 4.78 is 0. The average molecular weight is 177 g/mol. The van der Waals surface area contributed by atoms with Gasteiger partial charge in [0.15, 0.2) is 0 Å². The van der Waals surface area contributed by atoms with Gasteiger partial charge in [0.25, 0.3) is 0 Å². The minimum absolute atomic E-state index is 0.615. The van der Waals surface area contributed by atoms with Gasteiger partial charge in [-0.3, -0.25) is 0 Å². The molecule has 0 rings (SSSR count). The Bertz CT molecular complexity index is 191. The van der Waals surface area contributed by atoms with Crippen LogP contribution in [0.4, 0.5) is 0 Å². The summed E-state index contributed by atoms with van der Waals surface area (Å²) in [5.41, 5.74) is 5.89. The third-order valence-corrected chi connectivity index (χ3v) is 5.54. The zero-order chi connectivity index (χ0) is 9.45. The third-order valence-electron chi connectivity index (χ3n) is 2.04. The van der Waals surface area contributed by atoms with Crippen LogP contribution in [-0.4, -0.2) is 8.07 Å². The summed E-state index contributed by atoms with van der Waals surface area (Å²) in [6.07, 6.45) is 1.54. The van der Waals surface area contributed by atoms with Crippen LogP contribution in [0.15, 0.2) is 36.8 Å². The Morgan fingerprint density at radius 3 is 2.00 bits per heavy atom. The predicted octanol–water partition coefficient (Wildman–Crippen LogP) is 2.91. The van der Waals surface area contributed by atoms with E-state index in [1.165, 1.54) is 0 Å². The molecule has 0 aliphatic carbocycles. The van der Waals surface area contributed by atoms with Gasteiger partial charge in [-0.25, -0.2) is 0 Å². The first-order valence-electron chi connectivity index (χ1n) is 4.02. The van der Waals surface area contributed by atoms with Gasteiger partial charge in [-0.2, -0.15) is 5.26 Å². The van der Waals surface area contributed by atoms with Crippen molar-refractivity contribution in [2.24, 2.45) is 0 Å². The van der Waals surface area contributed by atoms with E-state index in [2.05, 4.69) is 25.8 Å². The van der Waals surface area contributed by atoms with E-state index in [1.807, 2.05) is 17.1 Å². The minimum atomic E-state index is -1.61. The summed E-state index contributed by atoms with van der Waals surface area (Å²) in [5.74, 6) is 0. The van der Waals surface area contributed by atoms with E-state index in [0.717, 1.165) is 12.5 Å². The number of hydrogen-bond donors (Lipinski definition) is 0. The van der Waals surface area contributed by atoms with Gasteiger partial charge < -0.3 is 0 Å². The molecule has 0 radical (unpaired) electrons. The molecule has 0 amide bonds. The van der Waals surface area contributed by atoms with Crippen LogP contribution in [0.25, 0.3) is 0 Å². The highest BCUT2D eigenvalue weighted by Gasteiger charge is 2.20. The van der Waals surface area contributed by atoms with E-state index in [0.29, 0.717) is 6.42 Å². The molecule has 0 aliphatic heterocycles. The number of nitriles is 1. The second-order valence-electron chi connectivity index (χ2n) is 2.74. The fourth-order valence-electron chi connectivity index (χ4n) is 1.03. The maximum Gasteiger partial charge on any atom is 0.124 e. The van der Waals surface area contributed by atoms with E-state index in [9.17, 15) is 0 Å². The molecule has 1 nitrogen and oxygen atoms in total. The highest BCUT2D eigenvalue weighted by molar-refractivity contribution is 6.93. The maximum atomic E-state index is 8.37. The van der Waals surface area contributed by atoms with Gasteiger partial charge in [-0.05, 0) is 12.5 Å². The molecule has 0 atom stereocenters. The lowest BCUT2D eigenvalue weighted by molar-refractivity contribution is 0.952. The highest BCUT2D eigenvalue weighted by Crippen LogP contribution is 2.16. The minimum Gasteiger partial charge on any atom is -0.198 e. The summed E-state index contributed by atoms with van der Waals surface area (Å²) in [4.78, 5) is 0. The van der Waals surface area contributed by atoms with Crippen LogP contribution in [0.3, 0.4) is 0 Å². The summed E-state index contributed by atoms with van der Waals surface area (Å²) in [7, 11) is -1.61. The van der Waals surface area contributed by atoms with Crippen molar-refractivity contribution in [1.29, 1.82) is 5.26 Å². The van der Waals surface area contributed by atoms with Gasteiger partial charge in [-0.15, -0.1) is 19.7 Å². The van der Waals surface area contributed by atoms with E-state index in [1.54, 1.807) is 0 Å². The van der Waals surface area contributed by atoms with E-state index < -0.39 is 8.07 Å². The monoisotopic (exact) mass is 177 g/mol. The second kappa shape index (κ2) is 5.56. The molecule has 12 heavy (non-hydrogen) atoms. The average Bonchev–Trinajstić information content (AvgIpc) is 2.14. The van der Waals surface area contributed by atoms with Crippen LogP contribution in [0.1, 0.15) is 12.8 Å². The second-order valence-corrected chi connectivity index (χ2v) is 6.69. The Balaban J connectivity index is 4.13. The predicted molar refractivity (Wildman–Crippen MR) is 56.0 cm³/mol. The fourth-order valence-corrected chi connectivity index (χ4v) is 2.93. The number of unbranched alkanes of at least 4 members (excludes halogenated alkanes) is 1. The molecule has 0 aliphatic rings. The topological polar surface area (TPSA) is 23.8 Å². The van der Waals surface area contributed by atoms with Gasteiger partial charge in [0.1, 0.15) is 8.07 Å². The molecule has 0 heterocycles. The molecule has 0 bridgehead atoms. The van der Waals surface area contributed by atoms with Crippen LogP contribution >= 0.6 is 0 Å². The van der Waals surface area contributed by atoms with Gasteiger partial charge in [0.2, 0.25) is 0 Å².